The van der Waals surface area contributed by atoms with Gasteiger partial charge in [-0.2, -0.15) is 0 Å². The molecular weight excluding hydrogens is 301 g/mol. The zero-order chi connectivity index (χ0) is 16.3. The van der Waals surface area contributed by atoms with Crippen molar-refractivity contribution in [2.24, 2.45) is 0 Å². The Balaban J connectivity index is 3.14. The van der Waals surface area contributed by atoms with Crippen LogP contribution in [0.5, 0.6) is 11.5 Å². The summed E-state index contributed by atoms with van der Waals surface area (Å²) in [5.74, 6) is -0.771. The number of sulfonamides is 1. The minimum absolute atomic E-state index is 0.0921. The number of hydrogen-bond acceptors (Lipinski definition) is 5. The van der Waals surface area contributed by atoms with Gasteiger partial charge in [0.15, 0.2) is 11.5 Å². The SMILES string of the molecule is CCC(C)(O)CNS(=O)(=O)c1cc(OC)c(OC)cc1F. The second kappa shape index (κ2) is 6.59. The first-order chi connectivity index (χ1) is 9.66. The maximum Gasteiger partial charge on any atom is 0.243 e. The highest BCUT2D eigenvalue weighted by Gasteiger charge is 2.26. The monoisotopic (exact) mass is 321 g/mol. The fraction of sp³-hybridized carbons (Fsp3) is 0.538. The molecule has 0 saturated heterocycles. The summed E-state index contributed by atoms with van der Waals surface area (Å²) < 4.78 is 50.2. The molecule has 6 nitrogen and oxygen atoms in total. The van der Waals surface area contributed by atoms with Crippen molar-refractivity contribution in [1.29, 1.82) is 0 Å². The van der Waals surface area contributed by atoms with Crippen molar-refractivity contribution in [2.45, 2.75) is 30.8 Å². The van der Waals surface area contributed by atoms with Crippen LogP contribution < -0.4 is 14.2 Å². The molecule has 0 aliphatic heterocycles. The Hall–Kier alpha value is -1.38. The summed E-state index contributed by atoms with van der Waals surface area (Å²) in [4.78, 5) is -0.563. The molecule has 1 aromatic rings. The van der Waals surface area contributed by atoms with Gasteiger partial charge in [0.25, 0.3) is 0 Å². The van der Waals surface area contributed by atoms with E-state index in [1.165, 1.54) is 21.1 Å². The van der Waals surface area contributed by atoms with E-state index in [0.29, 0.717) is 6.42 Å². The third kappa shape index (κ3) is 4.29. The Kier molecular flexibility index (Phi) is 5.54. The van der Waals surface area contributed by atoms with Crippen LogP contribution in [0.1, 0.15) is 20.3 Å². The first-order valence-corrected chi connectivity index (χ1v) is 7.78. The highest BCUT2D eigenvalue weighted by atomic mass is 32.2. The Labute approximate surface area is 123 Å². The first-order valence-electron chi connectivity index (χ1n) is 6.30. The van der Waals surface area contributed by atoms with E-state index in [9.17, 15) is 17.9 Å². The zero-order valence-corrected chi connectivity index (χ0v) is 13.3. The molecule has 0 amide bonds. The molecule has 0 spiro atoms. The van der Waals surface area contributed by atoms with Gasteiger partial charge in [-0.3, -0.25) is 0 Å². The molecule has 0 aromatic heterocycles. The van der Waals surface area contributed by atoms with E-state index in [1.807, 2.05) is 0 Å². The molecule has 0 fully saturated rings. The van der Waals surface area contributed by atoms with E-state index in [4.69, 9.17) is 9.47 Å². The quantitative estimate of drug-likeness (QED) is 0.790. The number of rotatable bonds is 7. The molecule has 21 heavy (non-hydrogen) atoms. The molecule has 2 N–H and O–H groups in total. The standard InChI is InChI=1S/C13H20FNO5S/c1-5-13(2,16)8-15-21(17,18)12-7-11(20-4)10(19-3)6-9(12)14/h6-7,15-16H,5,8H2,1-4H3. The van der Waals surface area contributed by atoms with Crippen molar-refractivity contribution < 1.29 is 27.4 Å². The van der Waals surface area contributed by atoms with Gasteiger partial charge >= 0.3 is 0 Å². The highest BCUT2D eigenvalue weighted by Crippen LogP contribution is 2.31. The van der Waals surface area contributed by atoms with E-state index in [-0.39, 0.29) is 18.0 Å². The second-order valence-electron chi connectivity index (χ2n) is 4.81. The topological polar surface area (TPSA) is 84.9 Å². The predicted molar refractivity (Wildman–Crippen MR) is 75.6 cm³/mol. The number of methoxy groups -OCH3 is 2. The van der Waals surface area contributed by atoms with Crippen molar-refractivity contribution in [3.63, 3.8) is 0 Å². The van der Waals surface area contributed by atoms with Gasteiger partial charge in [-0.05, 0) is 13.3 Å². The van der Waals surface area contributed by atoms with Crippen LogP contribution in [0.25, 0.3) is 0 Å². The normalized spacial score (nSPS) is 14.6. The Morgan fingerprint density at radius 3 is 2.29 bits per heavy atom. The average Bonchev–Trinajstić information content (AvgIpc) is 2.44. The Morgan fingerprint density at radius 2 is 1.81 bits per heavy atom. The lowest BCUT2D eigenvalue weighted by Crippen LogP contribution is -2.40. The summed E-state index contributed by atoms with van der Waals surface area (Å²) in [6, 6.07) is 1.97. The van der Waals surface area contributed by atoms with Crippen LogP contribution in [0.3, 0.4) is 0 Å². The highest BCUT2D eigenvalue weighted by molar-refractivity contribution is 7.89. The van der Waals surface area contributed by atoms with Gasteiger partial charge in [0.2, 0.25) is 10.0 Å². The summed E-state index contributed by atoms with van der Waals surface area (Å²) in [7, 11) is -1.47. The van der Waals surface area contributed by atoms with Crippen LogP contribution in [0.4, 0.5) is 4.39 Å². The van der Waals surface area contributed by atoms with Crippen molar-refractivity contribution >= 4 is 10.0 Å². The largest absolute Gasteiger partial charge is 0.493 e. The maximum atomic E-state index is 13.9. The molecule has 0 radical (unpaired) electrons. The molecule has 1 rings (SSSR count). The van der Waals surface area contributed by atoms with Gasteiger partial charge in [-0.1, -0.05) is 6.92 Å². The van der Waals surface area contributed by atoms with E-state index >= 15 is 0 Å². The van der Waals surface area contributed by atoms with Crippen LogP contribution in [0.2, 0.25) is 0 Å². The molecule has 1 unspecified atom stereocenters. The van der Waals surface area contributed by atoms with Crippen LogP contribution in [0.15, 0.2) is 17.0 Å². The lowest BCUT2D eigenvalue weighted by molar-refractivity contribution is 0.0613. The Morgan fingerprint density at radius 1 is 1.29 bits per heavy atom. The molecule has 120 valence electrons. The number of hydrogen-bond donors (Lipinski definition) is 2. The third-order valence-corrected chi connectivity index (χ3v) is 4.55. The zero-order valence-electron chi connectivity index (χ0n) is 12.4. The van der Waals surface area contributed by atoms with Crippen LogP contribution in [-0.4, -0.2) is 39.9 Å². The predicted octanol–water partition coefficient (Wildman–Crippen LogP) is 1.28. The van der Waals surface area contributed by atoms with Gasteiger partial charge < -0.3 is 14.6 Å². The van der Waals surface area contributed by atoms with Gasteiger partial charge in [-0.15, -0.1) is 0 Å². The van der Waals surface area contributed by atoms with E-state index in [1.54, 1.807) is 6.92 Å². The van der Waals surface area contributed by atoms with Gasteiger partial charge in [0.1, 0.15) is 10.7 Å². The van der Waals surface area contributed by atoms with Crippen molar-refractivity contribution in [3.8, 4) is 11.5 Å². The van der Waals surface area contributed by atoms with Crippen LogP contribution >= 0.6 is 0 Å². The fourth-order valence-corrected chi connectivity index (χ4v) is 2.73. The Bertz CT molecular complexity index is 601. The third-order valence-electron chi connectivity index (χ3n) is 3.13. The average molecular weight is 321 g/mol. The maximum absolute atomic E-state index is 13.9. The molecule has 0 aliphatic rings. The van der Waals surface area contributed by atoms with Gasteiger partial charge in [0.05, 0.1) is 19.8 Å². The number of aliphatic hydroxyl groups is 1. The number of nitrogens with one attached hydrogen (secondary N) is 1. The summed E-state index contributed by atoms with van der Waals surface area (Å²) in [5, 5.41) is 9.82. The van der Waals surface area contributed by atoms with Crippen LogP contribution in [0, 0.1) is 5.82 Å². The summed E-state index contributed by atoms with van der Waals surface area (Å²) in [6.45, 7) is 2.98. The van der Waals surface area contributed by atoms with Crippen molar-refractivity contribution in [2.75, 3.05) is 20.8 Å². The van der Waals surface area contributed by atoms with Crippen LogP contribution in [-0.2, 0) is 10.0 Å². The minimum Gasteiger partial charge on any atom is -0.493 e. The number of halogens is 1. The lowest BCUT2D eigenvalue weighted by Gasteiger charge is -2.21. The van der Waals surface area contributed by atoms with E-state index in [0.717, 1.165) is 12.1 Å². The molecule has 1 atom stereocenters. The van der Waals surface area contributed by atoms with Gasteiger partial charge in [0, 0.05) is 18.7 Å². The van der Waals surface area contributed by atoms with Crippen molar-refractivity contribution in [3.05, 3.63) is 17.9 Å². The summed E-state index contributed by atoms with van der Waals surface area (Å²) >= 11 is 0. The first kappa shape index (κ1) is 17.7. The molecular formula is C13H20FNO5S. The summed E-state index contributed by atoms with van der Waals surface area (Å²) in [6.07, 6.45) is 0.351. The molecule has 0 aliphatic carbocycles. The van der Waals surface area contributed by atoms with Crippen molar-refractivity contribution in [1.82, 2.24) is 4.72 Å². The molecule has 0 bridgehead atoms. The number of ether oxygens (including phenoxy) is 2. The minimum atomic E-state index is -4.11. The smallest absolute Gasteiger partial charge is 0.243 e. The van der Waals surface area contributed by atoms with E-state index < -0.39 is 26.3 Å². The summed E-state index contributed by atoms with van der Waals surface area (Å²) in [5.41, 5.74) is -1.21. The molecule has 8 heteroatoms. The van der Waals surface area contributed by atoms with Gasteiger partial charge in [-0.25, -0.2) is 17.5 Å². The molecule has 1 aromatic carbocycles. The lowest BCUT2D eigenvalue weighted by atomic mass is 10.1. The fourth-order valence-electron chi connectivity index (χ4n) is 1.49. The molecule has 0 saturated carbocycles. The second-order valence-corrected chi connectivity index (χ2v) is 6.55. The van der Waals surface area contributed by atoms with E-state index in [2.05, 4.69) is 4.72 Å². The molecule has 0 heterocycles. The number of benzene rings is 1.